The quantitative estimate of drug-likeness (QED) is 0.668. The van der Waals surface area contributed by atoms with Gasteiger partial charge in [-0.2, -0.15) is 0 Å². The van der Waals surface area contributed by atoms with Crippen LogP contribution < -0.4 is 11.3 Å². The molecule has 19 heavy (non-hydrogen) atoms. The van der Waals surface area contributed by atoms with Crippen LogP contribution in [0.2, 0.25) is 0 Å². The first-order valence-corrected chi connectivity index (χ1v) is 6.18. The summed E-state index contributed by atoms with van der Waals surface area (Å²) in [6.45, 7) is 0. The molecule has 0 aliphatic carbocycles. The molecule has 2 rings (SSSR count). The minimum Gasteiger partial charge on any atom is -0.271 e. The Kier molecular flexibility index (Phi) is 4.24. The SMILES string of the molecule is NNC(c1ccc(F)c(F)c1)c1ccc(Br)c(F)c1. The molecular formula is C13H10BrF3N2. The van der Waals surface area contributed by atoms with Crippen LogP contribution in [0.15, 0.2) is 40.9 Å². The van der Waals surface area contributed by atoms with Crippen LogP contribution in [-0.4, -0.2) is 0 Å². The molecule has 3 N–H and O–H groups in total. The normalized spacial score (nSPS) is 12.5. The van der Waals surface area contributed by atoms with Crippen molar-refractivity contribution in [1.82, 2.24) is 5.43 Å². The van der Waals surface area contributed by atoms with Gasteiger partial charge in [-0.25, -0.2) is 18.6 Å². The van der Waals surface area contributed by atoms with Crippen molar-refractivity contribution < 1.29 is 13.2 Å². The fourth-order valence-electron chi connectivity index (χ4n) is 1.77. The first-order chi connectivity index (χ1) is 9.02. The summed E-state index contributed by atoms with van der Waals surface area (Å²) < 4.78 is 39.9. The van der Waals surface area contributed by atoms with E-state index in [1.807, 2.05) is 0 Å². The third-order valence-corrected chi connectivity index (χ3v) is 3.36. The molecule has 1 unspecified atom stereocenters. The van der Waals surface area contributed by atoms with Gasteiger partial charge in [0.15, 0.2) is 11.6 Å². The lowest BCUT2D eigenvalue weighted by Crippen LogP contribution is -2.29. The van der Waals surface area contributed by atoms with Gasteiger partial charge in [0.25, 0.3) is 0 Å². The zero-order chi connectivity index (χ0) is 14.0. The van der Waals surface area contributed by atoms with Crippen molar-refractivity contribution in [3.8, 4) is 0 Å². The summed E-state index contributed by atoms with van der Waals surface area (Å²) in [5.41, 5.74) is 3.37. The lowest BCUT2D eigenvalue weighted by molar-refractivity contribution is 0.503. The van der Waals surface area contributed by atoms with Crippen molar-refractivity contribution in [1.29, 1.82) is 0 Å². The number of halogens is 4. The Morgan fingerprint density at radius 2 is 1.47 bits per heavy atom. The molecule has 6 heteroatoms. The van der Waals surface area contributed by atoms with Crippen molar-refractivity contribution in [2.24, 2.45) is 5.84 Å². The van der Waals surface area contributed by atoms with Crippen LogP contribution in [0.25, 0.3) is 0 Å². The second kappa shape index (κ2) is 5.73. The van der Waals surface area contributed by atoms with Gasteiger partial charge in [0, 0.05) is 0 Å². The summed E-state index contributed by atoms with van der Waals surface area (Å²) in [5.74, 6) is 3.04. The van der Waals surface area contributed by atoms with E-state index >= 15 is 0 Å². The van der Waals surface area contributed by atoms with E-state index in [1.54, 1.807) is 6.07 Å². The van der Waals surface area contributed by atoms with Crippen molar-refractivity contribution in [3.05, 3.63) is 69.4 Å². The fraction of sp³-hybridized carbons (Fsp3) is 0.0769. The lowest BCUT2D eigenvalue weighted by Gasteiger charge is -2.17. The van der Waals surface area contributed by atoms with Gasteiger partial charge in [0.05, 0.1) is 10.5 Å². The van der Waals surface area contributed by atoms with Crippen LogP contribution in [0.1, 0.15) is 17.2 Å². The molecule has 0 spiro atoms. The first kappa shape index (κ1) is 14.0. The highest BCUT2D eigenvalue weighted by atomic mass is 79.9. The highest BCUT2D eigenvalue weighted by Crippen LogP contribution is 2.26. The van der Waals surface area contributed by atoms with Crippen molar-refractivity contribution in [2.45, 2.75) is 6.04 Å². The molecule has 0 aromatic heterocycles. The van der Waals surface area contributed by atoms with Crippen LogP contribution in [0.4, 0.5) is 13.2 Å². The van der Waals surface area contributed by atoms with Crippen molar-refractivity contribution >= 4 is 15.9 Å². The van der Waals surface area contributed by atoms with E-state index in [4.69, 9.17) is 5.84 Å². The Morgan fingerprint density at radius 3 is 2.00 bits per heavy atom. The number of nitrogens with one attached hydrogen (secondary N) is 1. The van der Waals surface area contributed by atoms with E-state index in [0.717, 1.165) is 12.1 Å². The summed E-state index contributed by atoms with van der Waals surface area (Å²) in [5, 5.41) is 0. The van der Waals surface area contributed by atoms with Gasteiger partial charge in [0.1, 0.15) is 5.82 Å². The molecular weight excluding hydrogens is 321 g/mol. The maximum Gasteiger partial charge on any atom is 0.159 e. The zero-order valence-corrected chi connectivity index (χ0v) is 11.2. The molecule has 2 nitrogen and oxygen atoms in total. The molecule has 0 radical (unpaired) electrons. The van der Waals surface area contributed by atoms with Gasteiger partial charge < -0.3 is 0 Å². The minimum atomic E-state index is -0.977. The van der Waals surface area contributed by atoms with Crippen LogP contribution >= 0.6 is 15.9 Å². The molecule has 0 heterocycles. The Labute approximate surface area is 116 Å². The first-order valence-electron chi connectivity index (χ1n) is 5.39. The molecule has 100 valence electrons. The average Bonchev–Trinajstić information content (AvgIpc) is 2.39. The van der Waals surface area contributed by atoms with E-state index in [1.165, 1.54) is 18.2 Å². The Bertz CT molecular complexity index is 553. The summed E-state index contributed by atoms with van der Waals surface area (Å²) in [6.07, 6.45) is 0. The van der Waals surface area contributed by atoms with Crippen LogP contribution in [0.5, 0.6) is 0 Å². The maximum atomic E-state index is 13.5. The molecule has 0 fully saturated rings. The van der Waals surface area contributed by atoms with Gasteiger partial charge in [-0.15, -0.1) is 0 Å². The van der Waals surface area contributed by atoms with Gasteiger partial charge in [-0.05, 0) is 51.3 Å². The molecule has 0 aliphatic heterocycles. The molecule has 0 aliphatic rings. The van der Waals surface area contributed by atoms with Crippen LogP contribution in [-0.2, 0) is 0 Å². The van der Waals surface area contributed by atoms with Gasteiger partial charge in [0.2, 0.25) is 0 Å². The lowest BCUT2D eigenvalue weighted by atomic mass is 9.99. The predicted octanol–water partition coefficient (Wildman–Crippen LogP) is 3.42. The fourth-order valence-corrected chi connectivity index (χ4v) is 2.02. The summed E-state index contributed by atoms with van der Waals surface area (Å²) in [7, 11) is 0. The Morgan fingerprint density at radius 1 is 0.895 bits per heavy atom. The average molecular weight is 331 g/mol. The monoisotopic (exact) mass is 330 g/mol. The van der Waals surface area contributed by atoms with E-state index in [0.29, 0.717) is 15.6 Å². The maximum absolute atomic E-state index is 13.5. The van der Waals surface area contributed by atoms with Crippen molar-refractivity contribution in [3.63, 3.8) is 0 Å². The standard InChI is InChI=1S/C13H10BrF3N2/c14-9-3-1-7(5-11(9)16)13(19-18)8-2-4-10(15)12(17)6-8/h1-6,13,19H,18H2. The molecule has 2 aromatic carbocycles. The minimum absolute atomic E-state index is 0.317. The highest BCUT2D eigenvalue weighted by molar-refractivity contribution is 9.10. The molecule has 2 aromatic rings. The zero-order valence-electron chi connectivity index (χ0n) is 9.63. The second-order valence-electron chi connectivity index (χ2n) is 3.95. The second-order valence-corrected chi connectivity index (χ2v) is 4.80. The number of benzene rings is 2. The third-order valence-electron chi connectivity index (χ3n) is 2.72. The molecule has 0 saturated carbocycles. The third kappa shape index (κ3) is 2.97. The molecule has 0 saturated heterocycles. The number of nitrogens with two attached hydrogens (primary N) is 1. The van der Waals surface area contributed by atoms with Gasteiger partial charge in [-0.1, -0.05) is 12.1 Å². The Balaban J connectivity index is 2.43. The number of hydrogen-bond donors (Lipinski definition) is 2. The number of hydrazine groups is 1. The van der Waals surface area contributed by atoms with Crippen molar-refractivity contribution in [2.75, 3.05) is 0 Å². The van der Waals surface area contributed by atoms with E-state index < -0.39 is 23.5 Å². The summed E-state index contributed by atoms with van der Waals surface area (Å²) in [6, 6.07) is 7.23. The Hall–Kier alpha value is -1.37. The van der Waals surface area contributed by atoms with Gasteiger partial charge in [-0.3, -0.25) is 5.84 Å². The number of hydrogen-bond acceptors (Lipinski definition) is 2. The van der Waals surface area contributed by atoms with Crippen LogP contribution in [0, 0.1) is 17.5 Å². The van der Waals surface area contributed by atoms with E-state index in [9.17, 15) is 13.2 Å². The van der Waals surface area contributed by atoms with E-state index in [2.05, 4.69) is 21.4 Å². The number of rotatable bonds is 3. The van der Waals surface area contributed by atoms with E-state index in [-0.39, 0.29) is 0 Å². The predicted molar refractivity (Wildman–Crippen MR) is 69.6 cm³/mol. The van der Waals surface area contributed by atoms with Crippen LogP contribution in [0.3, 0.4) is 0 Å². The highest BCUT2D eigenvalue weighted by Gasteiger charge is 2.16. The topological polar surface area (TPSA) is 38.0 Å². The van der Waals surface area contributed by atoms with Gasteiger partial charge >= 0.3 is 0 Å². The smallest absolute Gasteiger partial charge is 0.159 e. The summed E-state index contributed by atoms with van der Waals surface area (Å²) >= 11 is 3.04. The molecule has 1 atom stereocenters. The summed E-state index contributed by atoms with van der Waals surface area (Å²) in [4.78, 5) is 0. The molecule has 0 amide bonds. The molecule has 0 bridgehead atoms. The largest absolute Gasteiger partial charge is 0.271 e.